The van der Waals surface area contributed by atoms with Gasteiger partial charge in [-0.3, -0.25) is 9.59 Å². The Morgan fingerprint density at radius 1 is 1.33 bits per heavy atom. The van der Waals surface area contributed by atoms with Crippen LogP contribution in [0.1, 0.15) is 32.3 Å². The second-order valence-corrected chi connectivity index (χ2v) is 6.27. The molecule has 1 aromatic carbocycles. The molecule has 1 N–H and O–H groups in total. The predicted octanol–water partition coefficient (Wildman–Crippen LogP) is 3.33. The van der Waals surface area contributed by atoms with Gasteiger partial charge in [-0.1, -0.05) is 31.5 Å². The second-order valence-electron chi connectivity index (χ2n) is 5.86. The fourth-order valence-corrected chi connectivity index (χ4v) is 2.25. The van der Waals surface area contributed by atoms with Crippen molar-refractivity contribution in [1.29, 1.82) is 0 Å². The zero-order valence-corrected chi connectivity index (χ0v) is 13.1. The van der Waals surface area contributed by atoms with Crippen LogP contribution in [0.15, 0.2) is 18.2 Å². The molecular formula is C15H19ClFNO3. The number of amides is 1. The molecule has 0 fully saturated rings. The number of halogens is 2. The number of carboxylic acids is 1. The van der Waals surface area contributed by atoms with Gasteiger partial charge in [0.25, 0.3) is 0 Å². The van der Waals surface area contributed by atoms with E-state index in [0.717, 1.165) is 0 Å². The van der Waals surface area contributed by atoms with Crippen LogP contribution in [0.5, 0.6) is 0 Å². The van der Waals surface area contributed by atoms with Gasteiger partial charge in [0, 0.05) is 30.6 Å². The Morgan fingerprint density at radius 2 is 1.95 bits per heavy atom. The molecule has 0 heterocycles. The van der Waals surface area contributed by atoms with Crippen molar-refractivity contribution >= 4 is 23.5 Å². The van der Waals surface area contributed by atoms with Gasteiger partial charge in [-0.15, -0.1) is 0 Å². The maximum atomic E-state index is 13.7. The summed E-state index contributed by atoms with van der Waals surface area (Å²) in [7, 11) is 1.54. The maximum absolute atomic E-state index is 13.7. The quantitative estimate of drug-likeness (QED) is 0.876. The summed E-state index contributed by atoms with van der Waals surface area (Å²) in [6, 6.07) is 4.35. The van der Waals surface area contributed by atoms with Crippen LogP contribution in [0.4, 0.5) is 4.39 Å². The zero-order valence-electron chi connectivity index (χ0n) is 12.3. The molecule has 0 bridgehead atoms. The molecule has 0 saturated carbocycles. The average molecular weight is 316 g/mol. The van der Waals surface area contributed by atoms with Crippen LogP contribution >= 0.6 is 11.6 Å². The number of benzene rings is 1. The minimum absolute atomic E-state index is 0.0491. The van der Waals surface area contributed by atoms with E-state index in [2.05, 4.69) is 0 Å². The smallest absolute Gasteiger partial charge is 0.303 e. The van der Waals surface area contributed by atoms with Crippen molar-refractivity contribution in [2.75, 3.05) is 7.05 Å². The lowest BCUT2D eigenvalue weighted by Crippen LogP contribution is -2.32. The Bertz CT molecular complexity index is 525. The van der Waals surface area contributed by atoms with Gasteiger partial charge in [0.2, 0.25) is 5.91 Å². The molecule has 0 atom stereocenters. The number of carbonyl (C=O) groups excluding carboxylic acids is 1. The highest BCUT2D eigenvalue weighted by Crippen LogP contribution is 2.27. The number of hydrogen-bond acceptors (Lipinski definition) is 2. The van der Waals surface area contributed by atoms with Crippen molar-refractivity contribution < 1.29 is 19.1 Å². The molecule has 1 rings (SSSR count). The molecule has 116 valence electrons. The topological polar surface area (TPSA) is 57.6 Å². The third-order valence-electron chi connectivity index (χ3n) is 3.14. The first kappa shape index (κ1) is 17.4. The summed E-state index contributed by atoms with van der Waals surface area (Å²) in [5.41, 5.74) is -0.401. The van der Waals surface area contributed by atoms with E-state index in [1.807, 2.05) is 0 Å². The van der Waals surface area contributed by atoms with Crippen molar-refractivity contribution in [3.63, 3.8) is 0 Å². The Hall–Kier alpha value is -1.62. The Balaban J connectivity index is 2.73. The highest BCUT2D eigenvalue weighted by molar-refractivity contribution is 6.31. The van der Waals surface area contributed by atoms with Gasteiger partial charge >= 0.3 is 5.97 Å². The van der Waals surface area contributed by atoms with Gasteiger partial charge in [-0.05, 0) is 17.5 Å². The van der Waals surface area contributed by atoms with Crippen molar-refractivity contribution in [3.05, 3.63) is 34.6 Å². The molecule has 4 nitrogen and oxygen atoms in total. The number of carboxylic acid groups (broad SMARTS) is 1. The number of rotatable bonds is 6. The number of nitrogens with zero attached hydrogens (tertiary/aromatic N) is 1. The SMILES string of the molecule is CN(Cc1c(F)cccc1Cl)C(=O)CC(C)(C)CC(=O)O. The predicted molar refractivity (Wildman–Crippen MR) is 78.5 cm³/mol. The monoisotopic (exact) mass is 315 g/mol. The van der Waals surface area contributed by atoms with E-state index < -0.39 is 17.2 Å². The normalized spacial score (nSPS) is 11.3. The van der Waals surface area contributed by atoms with Gasteiger partial charge in [0.05, 0.1) is 6.42 Å². The molecule has 21 heavy (non-hydrogen) atoms. The molecule has 0 aliphatic rings. The van der Waals surface area contributed by atoms with Crippen LogP contribution < -0.4 is 0 Å². The molecule has 0 aromatic heterocycles. The Labute approximate surface area is 128 Å². The van der Waals surface area contributed by atoms with Crippen LogP contribution in [-0.2, 0) is 16.1 Å². The van der Waals surface area contributed by atoms with E-state index in [-0.39, 0.29) is 35.9 Å². The molecule has 0 aliphatic carbocycles. The van der Waals surface area contributed by atoms with Crippen molar-refractivity contribution in [2.24, 2.45) is 5.41 Å². The van der Waals surface area contributed by atoms with Gasteiger partial charge in [0.15, 0.2) is 0 Å². The summed E-state index contributed by atoms with van der Waals surface area (Å²) in [4.78, 5) is 24.2. The molecule has 6 heteroatoms. The third kappa shape index (κ3) is 5.34. The average Bonchev–Trinajstić information content (AvgIpc) is 2.31. The summed E-state index contributed by atoms with van der Waals surface area (Å²) in [6.45, 7) is 3.47. The molecule has 0 saturated heterocycles. The first-order valence-electron chi connectivity index (χ1n) is 6.51. The molecule has 0 unspecified atom stereocenters. The van der Waals surface area contributed by atoms with Crippen LogP contribution in [-0.4, -0.2) is 28.9 Å². The van der Waals surface area contributed by atoms with Gasteiger partial charge in [0.1, 0.15) is 5.82 Å². The van der Waals surface area contributed by atoms with Crippen LogP contribution in [0.25, 0.3) is 0 Å². The fraction of sp³-hybridized carbons (Fsp3) is 0.467. The summed E-state index contributed by atoms with van der Waals surface area (Å²) < 4.78 is 13.7. The van der Waals surface area contributed by atoms with Crippen molar-refractivity contribution in [2.45, 2.75) is 33.2 Å². The maximum Gasteiger partial charge on any atom is 0.303 e. The summed E-state index contributed by atoms with van der Waals surface area (Å²) in [5, 5.41) is 9.08. The minimum atomic E-state index is -0.951. The van der Waals surface area contributed by atoms with Crippen molar-refractivity contribution in [1.82, 2.24) is 4.90 Å². The fourth-order valence-electron chi connectivity index (χ4n) is 2.02. The van der Waals surface area contributed by atoms with Crippen LogP contribution in [0.3, 0.4) is 0 Å². The summed E-state index contributed by atoms with van der Waals surface area (Å²) in [5.74, 6) is -1.67. The number of carbonyl (C=O) groups is 2. The van der Waals surface area contributed by atoms with Crippen LogP contribution in [0, 0.1) is 11.2 Å². The lowest BCUT2D eigenvalue weighted by Gasteiger charge is -2.26. The molecule has 1 aromatic rings. The molecule has 1 amide bonds. The summed E-state index contributed by atoms with van der Waals surface area (Å²) >= 11 is 5.92. The largest absolute Gasteiger partial charge is 0.481 e. The van der Waals surface area contributed by atoms with E-state index in [4.69, 9.17) is 16.7 Å². The van der Waals surface area contributed by atoms with E-state index in [0.29, 0.717) is 0 Å². The van der Waals surface area contributed by atoms with E-state index >= 15 is 0 Å². The van der Waals surface area contributed by atoms with E-state index in [9.17, 15) is 14.0 Å². The first-order chi connectivity index (χ1) is 9.62. The Morgan fingerprint density at radius 3 is 2.48 bits per heavy atom. The lowest BCUT2D eigenvalue weighted by molar-refractivity contribution is -0.140. The Kier molecular flexibility index (Phi) is 5.72. The number of aliphatic carboxylic acids is 1. The third-order valence-corrected chi connectivity index (χ3v) is 3.50. The summed E-state index contributed by atoms with van der Waals surface area (Å²) in [6.07, 6.45) is -0.0328. The standard InChI is InChI=1S/C15H19ClFNO3/c1-15(2,8-14(20)21)7-13(19)18(3)9-10-11(16)5-4-6-12(10)17/h4-6H,7-9H2,1-3H3,(H,20,21). The second kappa shape index (κ2) is 6.89. The van der Waals surface area contributed by atoms with Gasteiger partial charge in [-0.2, -0.15) is 0 Å². The first-order valence-corrected chi connectivity index (χ1v) is 6.89. The molecular weight excluding hydrogens is 297 g/mol. The zero-order chi connectivity index (χ0) is 16.2. The van der Waals surface area contributed by atoms with Gasteiger partial charge < -0.3 is 10.0 Å². The molecule has 0 aliphatic heterocycles. The van der Waals surface area contributed by atoms with Crippen LogP contribution in [0.2, 0.25) is 5.02 Å². The highest BCUT2D eigenvalue weighted by Gasteiger charge is 2.27. The van der Waals surface area contributed by atoms with E-state index in [1.54, 1.807) is 27.0 Å². The number of hydrogen-bond donors (Lipinski definition) is 1. The lowest BCUT2D eigenvalue weighted by atomic mass is 9.85. The highest BCUT2D eigenvalue weighted by atomic mass is 35.5. The van der Waals surface area contributed by atoms with Gasteiger partial charge in [-0.25, -0.2) is 4.39 Å². The van der Waals surface area contributed by atoms with E-state index in [1.165, 1.54) is 17.0 Å². The minimum Gasteiger partial charge on any atom is -0.481 e. The molecule has 0 radical (unpaired) electrons. The van der Waals surface area contributed by atoms with Crippen molar-refractivity contribution in [3.8, 4) is 0 Å². The molecule has 0 spiro atoms.